The van der Waals surface area contributed by atoms with E-state index in [4.69, 9.17) is 5.73 Å². The molecule has 6 heteroatoms. The maximum absolute atomic E-state index is 13.8. The molecule has 2 aromatic heterocycles. The second-order valence-corrected chi connectivity index (χ2v) is 6.51. The van der Waals surface area contributed by atoms with Crippen LogP contribution >= 0.6 is 27.3 Å². The fourth-order valence-electron chi connectivity index (χ4n) is 2.46. The maximum Gasteiger partial charge on any atom is 0.205 e. The zero-order chi connectivity index (χ0) is 14.6. The molecule has 2 heterocycles. The largest absolute Gasteiger partial charge is 0.369 e. The summed E-state index contributed by atoms with van der Waals surface area (Å²) < 4.78 is 17.2. The highest BCUT2D eigenvalue weighted by atomic mass is 79.9. The maximum atomic E-state index is 13.8. The summed E-state index contributed by atoms with van der Waals surface area (Å²) >= 11 is 4.85. The van der Waals surface area contributed by atoms with Gasteiger partial charge in [-0.1, -0.05) is 0 Å². The van der Waals surface area contributed by atoms with Crippen LogP contribution in [0.5, 0.6) is 0 Å². The van der Waals surface area contributed by atoms with E-state index >= 15 is 0 Å². The molecule has 0 amide bonds. The molecule has 0 aliphatic heterocycles. The van der Waals surface area contributed by atoms with Gasteiger partial charge in [-0.2, -0.15) is 0 Å². The first-order valence-electron chi connectivity index (χ1n) is 6.24. The van der Waals surface area contributed by atoms with Crippen LogP contribution in [-0.2, 0) is 0 Å². The minimum absolute atomic E-state index is 0.333. The van der Waals surface area contributed by atoms with Crippen molar-refractivity contribution in [2.75, 3.05) is 5.73 Å². The van der Waals surface area contributed by atoms with Crippen molar-refractivity contribution in [2.45, 2.75) is 0 Å². The van der Waals surface area contributed by atoms with Crippen molar-refractivity contribution < 1.29 is 4.39 Å². The van der Waals surface area contributed by atoms with E-state index in [2.05, 4.69) is 27.0 Å². The smallest absolute Gasteiger partial charge is 0.205 e. The second-order valence-electron chi connectivity index (χ2n) is 4.70. The van der Waals surface area contributed by atoms with E-state index in [1.165, 1.54) is 10.8 Å². The van der Waals surface area contributed by atoms with E-state index in [1.54, 1.807) is 22.0 Å². The van der Waals surface area contributed by atoms with E-state index in [9.17, 15) is 4.39 Å². The monoisotopic (exact) mass is 361 g/mol. The molecule has 0 radical (unpaired) electrons. The van der Waals surface area contributed by atoms with E-state index in [1.807, 2.05) is 23.6 Å². The molecule has 0 aliphatic carbocycles. The molecule has 0 fully saturated rings. The van der Waals surface area contributed by atoms with Gasteiger partial charge in [0.2, 0.25) is 5.95 Å². The van der Waals surface area contributed by atoms with Crippen LogP contribution in [0.4, 0.5) is 10.3 Å². The predicted molar refractivity (Wildman–Crippen MR) is 88.5 cm³/mol. The molecular weight excluding hydrogens is 353 g/mol. The molecule has 0 aliphatic rings. The summed E-state index contributed by atoms with van der Waals surface area (Å²) in [6.07, 6.45) is 0. The number of halogens is 2. The lowest BCUT2D eigenvalue weighted by Gasteiger charge is -2.07. The molecule has 4 rings (SSSR count). The Morgan fingerprint density at radius 2 is 2.05 bits per heavy atom. The first-order chi connectivity index (χ1) is 10.1. The Balaban J connectivity index is 2.04. The van der Waals surface area contributed by atoms with Gasteiger partial charge < -0.3 is 5.73 Å². The number of hydrogen-bond acceptors (Lipinski definition) is 3. The Bertz CT molecular complexity index is 989. The van der Waals surface area contributed by atoms with E-state index in [0.29, 0.717) is 21.5 Å². The highest BCUT2D eigenvalue weighted by Gasteiger charge is 2.13. The van der Waals surface area contributed by atoms with Crippen LogP contribution in [0.25, 0.3) is 26.8 Å². The van der Waals surface area contributed by atoms with Crippen LogP contribution in [0.15, 0.2) is 46.3 Å². The number of nitrogens with two attached hydrogens (primary N) is 1. The lowest BCUT2D eigenvalue weighted by atomic mass is 10.2. The van der Waals surface area contributed by atoms with Gasteiger partial charge in [0.05, 0.1) is 15.5 Å². The lowest BCUT2D eigenvalue weighted by Crippen LogP contribution is -2.00. The summed E-state index contributed by atoms with van der Waals surface area (Å²) in [5, 5.41) is 3.18. The summed E-state index contributed by atoms with van der Waals surface area (Å²) in [5.41, 5.74) is 8.21. The third-order valence-corrected chi connectivity index (χ3v) is 4.92. The Morgan fingerprint density at radius 1 is 1.19 bits per heavy atom. The summed E-state index contributed by atoms with van der Waals surface area (Å²) in [6, 6.07) is 11.2. The number of nitrogen functional groups attached to an aromatic ring is 1. The molecule has 2 N–H and O–H groups in total. The number of hydrogen-bond donors (Lipinski definition) is 1. The fraction of sp³-hybridized carbons (Fsp3) is 0. The molecule has 0 atom stereocenters. The Kier molecular flexibility index (Phi) is 2.77. The van der Waals surface area contributed by atoms with Crippen LogP contribution in [0.1, 0.15) is 0 Å². The summed E-state index contributed by atoms with van der Waals surface area (Å²) in [5.74, 6) is 0.0114. The van der Waals surface area contributed by atoms with Crippen molar-refractivity contribution in [3.8, 4) is 5.69 Å². The van der Waals surface area contributed by atoms with Crippen molar-refractivity contribution in [2.24, 2.45) is 0 Å². The normalized spacial score (nSPS) is 11.5. The number of aromatic nitrogens is 2. The molecule has 0 saturated heterocycles. The minimum atomic E-state index is -0.333. The number of anilines is 1. The van der Waals surface area contributed by atoms with Crippen LogP contribution in [0, 0.1) is 5.82 Å². The lowest BCUT2D eigenvalue weighted by molar-refractivity contribution is 0.622. The molecule has 2 aromatic carbocycles. The Hall–Kier alpha value is -1.92. The molecule has 3 nitrogen and oxygen atoms in total. The second kappa shape index (κ2) is 4.54. The summed E-state index contributed by atoms with van der Waals surface area (Å²) in [4.78, 5) is 4.31. The summed E-state index contributed by atoms with van der Waals surface area (Å²) in [7, 11) is 0. The molecule has 4 aromatic rings. The number of benzene rings is 2. The van der Waals surface area contributed by atoms with Crippen LogP contribution in [0.3, 0.4) is 0 Å². The van der Waals surface area contributed by atoms with Gasteiger partial charge in [-0.25, -0.2) is 9.37 Å². The van der Waals surface area contributed by atoms with Crippen LogP contribution in [-0.4, -0.2) is 9.55 Å². The van der Waals surface area contributed by atoms with Gasteiger partial charge in [0.1, 0.15) is 5.82 Å². The SMILES string of the molecule is Nc1nc2cc(Br)c(F)cc2n1-c1ccc2sccc2c1. The van der Waals surface area contributed by atoms with Gasteiger partial charge in [0, 0.05) is 16.5 Å². The average Bonchev–Trinajstić information content (AvgIpc) is 3.02. The third kappa shape index (κ3) is 1.94. The first-order valence-corrected chi connectivity index (χ1v) is 7.91. The third-order valence-electron chi connectivity index (χ3n) is 3.42. The molecule has 0 spiro atoms. The van der Waals surface area contributed by atoms with Crippen molar-refractivity contribution in [1.82, 2.24) is 9.55 Å². The van der Waals surface area contributed by atoms with E-state index < -0.39 is 0 Å². The molecule has 0 unspecified atom stereocenters. The molecule has 0 bridgehead atoms. The molecule has 104 valence electrons. The fourth-order valence-corrected chi connectivity index (χ4v) is 3.56. The van der Waals surface area contributed by atoms with E-state index in [-0.39, 0.29) is 5.82 Å². The van der Waals surface area contributed by atoms with Gasteiger partial charge in [-0.15, -0.1) is 11.3 Å². The van der Waals surface area contributed by atoms with E-state index in [0.717, 1.165) is 11.1 Å². The quantitative estimate of drug-likeness (QED) is 0.532. The Morgan fingerprint density at radius 3 is 2.90 bits per heavy atom. The number of rotatable bonds is 1. The number of fused-ring (bicyclic) bond motifs is 2. The first kappa shape index (κ1) is 12.8. The number of nitrogens with zero attached hydrogens (tertiary/aromatic N) is 2. The van der Waals surface area contributed by atoms with Gasteiger partial charge in [-0.05, 0) is 57.0 Å². The van der Waals surface area contributed by atoms with Gasteiger partial charge >= 0.3 is 0 Å². The topological polar surface area (TPSA) is 43.8 Å². The zero-order valence-corrected chi connectivity index (χ0v) is 13.1. The minimum Gasteiger partial charge on any atom is -0.369 e. The van der Waals surface area contributed by atoms with Gasteiger partial charge in [0.15, 0.2) is 0 Å². The van der Waals surface area contributed by atoms with Crippen LogP contribution < -0.4 is 5.73 Å². The number of thiophene rings is 1. The average molecular weight is 362 g/mol. The Labute approximate surface area is 132 Å². The number of imidazole rings is 1. The van der Waals surface area contributed by atoms with Crippen molar-refractivity contribution in [3.63, 3.8) is 0 Å². The highest BCUT2D eigenvalue weighted by Crippen LogP contribution is 2.30. The zero-order valence-electron chi connectivity index (χ0n) is 10.7. The standard InChI is InChI=1S/C15H9BrFN3S/c16-10-6-12-13(7-11(10)17)20(15(18)19-12)9-1-2-14-8(5-9)3-4-21-14/h1-7H,(H2,18,19). The van der Waals surface area contributed by atoms with Crippen molar-refractivity contribution in [1.29, 1.82) is 0 Å². The highest BCUT2D eigenvalue weighted by molar-refractivity contribution is 9.10. The summed E-state index contributed by atoms with van der Waals surface area (Å²) in [6.45, 7) is 0. The van der Waals surface area contributed by atoms with Gasteiger partial charge in [-0.3, -0.25) is 4.57 Å². The predicted octanol–water partition coefficient (Wildman–Crippen LogP) is 4.72. The van der Waals surface area contributed by atoms with Crippen molar-refractivity contribution in [3.05, 3.63) is 52.1 Å². The van der Waals surface area contributed by atoms with Crippen molar-refractivity contribution >= 4 is 54.3 Å². The molecule has 0 saturated carbocycles. The van der Waals surface area contributed by atoms with Gasteiger partial charge in [0.25, 0.3) is 0 Å². The molecule has 21 heavy (non-hydrogen) atoms. The van der Waals surface area contributed by atoms with Crippen LogP contribution in [0.2, 0.25) is 0 Å². The molecular formula is C15H9BrFN3S.